The summed E-state index contributed by atoms with van der Waals surface area (Å²) in [5.74, 6) is 0.426. The SMILES string of the molecule is CCC(CN)c1ccc2nc(Cl)c(C)cc2c1. The lowest BCUT2D eigenvalue weighted by molar-refractivity contribution is 0.675. The zero-order valence-electron chi connectivity index (χ0n) is 10.2. The van der Waals surface area contributed by atoms with E-state index in [0.717, 1.165) is 22.9 Å². The number of benzene rings is 1. The van der Waals surface area contributed by atoms with E-state index in [9.17, 15) is 0 Å². The van der Waals surface area contributed by atoms with Crippen molar-refractivity contribution >= 4 is 22.5 Å². The summed E-state index contributed by atoms with van der Waals surface area (Å²) >= 11 is 6.01. The lowest BCUT2D eigenvalue weighted by atomic mass is 9.95. The van der Waals surface area contributed by atoms with Crippen molar-refractivity contribution in [3.05, 3.63) is 40.5 Å². The molecule has 0 amide bonds. The molecule has 17 heavy (non-hydrogen) atoms. The second kappa shape index (κ2) is 5.03. The highest BCUT2D eigenvalue weighted by Gasteiger charge is 2.09. The largest absolute Gasteiger partial charge is 0.330 e. The summed E-state index contributed by atoms with van der Waals surface area (Å²) in [7, 11) is 0. The first-order valence-corrected chi connectivity index (χ1v) is 6.30. The van der Waals surface area contributed by atoms with Gasteiger partial charge in [0.2, 0.25) is 0 Å². The number of fused-ring (bicyclic) bond motifs is 1. The number of nitrogens with two attached hydrogens (primary N) is 1. The summed E-state index contributed by atoms with van der Waals surface area (Å²) in [6, 6.07) is 8.38. The van der Waals surface area contributed by atoms with Crippen LogP contribution in [-0.4, -0.2) is 11.5 Å². The lowest BCUT2D eigenvalue weighted by Gasteiger charge is -2.13. The van der Waals surface area contributed by atoms with Crippen molar-refractivity contribution in [1.29, 1.82) is 0 Å². The van der Waals surface area contributed by atoms with Crippen LogP contribution in [0.1, 0.15) is 30.4 Å². The van der Waals surface area contributed by atoms with Gasteiger partial charge < -0.3 is 5.73 Å². The summed E-state index contributed by atoms with van der Waals surface area (Å²) < 4.78 is 0. The van der Waals surface area contributed by atoms with Crippen molar-refractivity contribution in [1.82, 2.24) is 4.98 Å². The highest BCUT2D eigenvalue weighted by molar-refractivity contribution is 6.30. The predicted octanol–water partition coefficient (Wildman–Crippen LogP) is 3.65. The minimum Gasteiger partial charge on any atom is -0.330 e. The minimum atomic E-state index is 0.426. The van der Waals surface area contributed by atoms with Crippen molar-refractivity contribution in [2.24, 2.45) is 5.73 Å². The van der Waals surface area contributed by atoms with Crippen LogP contribution in [0.4, 0.5) is 0 Å². The molecule has 1 unspecified atom stereocenters. The molecular formula is C14H17ClN2. The van der Waals surface area contributed by atoms with Crippen LogP contribution in [0.2, 0.25) is 5.15 Å². The summed E-state index contributed by atoms with van der Waals surface area (Å²) in [4.78, 5) is 4.36. The molecule has 1 aromatic heterocycles. The Hall–Kier alpha value is -1.12. The maximum atomic E-state index is 6.01. The molecule has 1 aromatic carbocycles. The third-order valence-electron chi connectivity index (χ3n) is 3.22. The number of hydrogen-bond acceptors (Lipinski definition) is 2. The van der Waals surface area contributed by atoms with E-state index in [1.807, 2.05) is 13.0 Å². The van der Waals surface area contributed by atoms with Crippen molar-refractivity contribution in [3.63, 3.8) is 0 Å². The van der Waals surface area contributed by atoms with Crippen LogP contribution in [0, 0.1) is 6.92 Å². The second-order valence-corrected chi connectivity index (χ2v) is 4.75. The first-order valence-electron chi connectivity index (χ1n) is 5.92. The number of rotatable bonds is 3. The third-order valence-corrected chi connectivity index (χ3v) is 3.60. The standard InChI is InChI=1S/C14H17ClN2/c1-3-10(8-16)11-4-5-13-12(7-11)6-9(2)14(15)17-13/h4-7,10H,3,8,16H2,1-2H3. The van der Waals surface area contributed by atoms with Crippen molar-refractivity contribution in [2.45, 2.75) is 26.2 Å². The Morgan fingerprint density at radius 1 is 1.35 bits per heavy atom. The molecule has 0 aliphatic carbocycles. The first kappa shape index (κ1) is 12.3. The fourth-order valence-electron chi connectivity index (χ4n) is 2.07. The van der Waals surface area contributed by atoms with Gasteiger partial charge in [0, 0.05) is 5.39 Å². The van der Waals surface area contributed by atoms with Crippen molar-refractivity contribution in [2.75, 3.05) is 6.54 Å². The van der Waals surface area contributed by atoms with Crippen LogP contribution in [0.25, 0.3) is 10.9 Å². The summed E-state index contributed by atoms with van der Waals surface area (Å²) in [6.45, 7) is 4.82. The van der Waals surface area contributed by atoms with E-state index in [-0.39, 0.29) is 0 Å². The fourth-order valence-corrected chi connectivity index (χ4v) is 2.22. The van der Waals surface area contributed by atoms with Gasteiger partial charge >= 0.3 is 0 Å². The number of aromatic nitrogens is 1. The molecule has 3 heteroatoms. The van der Waals surface area contributed by atoms with Crippen LogP contribution in [0.5, 0.6) is 0 Å². The van der Waals surface area contributed by atoms with E-state index in [2.05, 4.69) is 30.1 Å². The number of nitrogens with zero attached hydrogens (tertiary/aromatic N) is 1. The van der Waals surface area contributed by atoms with Gasteiger partial charge in [0.05, 0.1) is 5.52 Å². The number of aryl methyl sites for hydroxylation is 1. The molecule has 0 bridgehead atoms. The van der Waals surface area contributed by atoms with Gasteiger partial charge in [-0.05, 0) is 55.1 Å². The van der Waals surface area contributed by atoms with Crippen LogP contribution in [0.3, 0.4) is 0 Å². The van der Waals surface area contributed by atoms with Gasteiger partial charge in [0.1, 0.15) is 5.15 Å². The molecule has 0 saturated carbocycles. The van der Waals surface area contributed by atoms with E-state index < -0.39 is 0 Å². The lowest BCUT2D eigenvalue weighted by Crippen LogP contribution is -2.11. The molecule has 0 aliphatic heterocycles. The molecule has 0 spiro atoms. The zero-order chi connectivity index (χ0) is 12.4. The zero-order valence-corrected chi connectivity index (χ0v) is 11.0. The van der Waals surface area contributed by atoms with Gasteiger partial charge in [-0.25, -0.2) is 4.98 Å². The van der Waals surface area contributed by atoms with E-state index >= 15 is 0 Å². The first-order chi connectivity index (χ1) is 8.15. The van der Waals surface area contributed by atoms with Gasteiger partial charge in [-0.1, -0.05) is 24.6 Å². The maximum Gasteiger partial charge on any atom is 0.132 e. The van der Waals surface area contributed by atoms with E-state index in [0.29, 0.717) is 17.6 Å². The van der Waals surface area contributed by atoms with Gasteiger partial charge in [0.25, 0.3) is 0 Å². The normalized spacial score (nSPS) is 12.9. The minimum absolute atomic E-state index is 0.426. The second-order valence-electron chi connectivity index (χ2n) is 4.39. The van der Waals surface area contributed by atoms with E-state index in [4.69, 9.17) is 17.3 Å². The highest BCUT2D eigenvalue weighted by atomic mass is 35.5. The van der Waals surface area contributed by atoms with Gasteiger partial charge in [-0.15, -0.1) is 0 Å². The molecule has 1 atom stereocenters. The van der Waals surface area contributed by atoms with Gasteiger partial charge in [-0.3, -0.25) is 0 Å². The van der Waals surface area contributed by atoms with Crippen molar-refractivity contribution < 1.29 is 0 Å². The third kappa shape index (κ3) is 2.43. The molecule has 2 N–H and O–H groups in total. The Kier molecular flexibility index (Phi) is 3.65. The maximum absolute atomic E-state index is 6.01. The Balaban J connectivity index is 2.53. The molecule has 1 heterocycles. The molecule has 2 nitrogen and oxygen atoms in total. The molecular weight excluding hydrogens is 232 g/mol. The molecule has 2 aromatic rings. The number of pyridine rings is 1. The molecule has 90 valence electrons. The van der Waals surface area contributed by atoms with Crippen molar-refractivity contribution in [3.8, 4) is 0 Å². The Labute approximate surface area is 107 Å². The number of halogens is 1. The van der Waals surface area contributed by atoms with Crippen LogP contribution >= 0.6 is 11.6 Å². The monoisotopic (exact) mass is 248 g/mol. The molecule has 0 saturated heterocycles. The fraction of sp³-hybridized carbons (Fsp3) is 0.357. The highest BCUT2D eigenvalue weighted by Crippen LogP contribution is 2.25. The molecule has 0 fully saturated rings. The molecule has 0 radical (unpaired) electrons. The Morgan fingerprint density at radius 3 is 2.76 bits per heavy atom. The Bertz CT molecular complexity index is 533. The quantitative estimate of drug-likeness (QED) is 0.843. The Morgan fingerprint density at radius 2 is 2.12 bits per heavy atom. The average molecular weight is 249 g/mol. The summed E-state index contributed by atoms with van der Waals surface area (Å²) in [5.41, 5.74) is 9.01. The summed E-state index contributed by atoms with van der Waals surface area (Å²) in [5, 5.41) is 1.72. The average Bonchev–Trinajstić information content (AvgIpc) is 2.32. The van der Waals surface area contributed by atoms with E-state index in [1.165, 1.54) is 5.56 Å². The van der Waals surface area contributed by atoms with E-state index in [1.54, 1.807) is 0 Å². The molecule has 0 aliphatic rings. The summed E-state index contributed by atoms with van der Waals surface area (Å²) in [6.07, 6.45) is 1.06. The van der Waals surface area contributed by atoms with Crippen LogP contribution < -0.4 is 5.73 Å². The van der Waals surface area contributed by atoms with Gasteiger partial charge in [0.15, 0.2) is 0 Å². The molecule has 2 rings (SSSR count). The topological polar surface area (TPSA) is 38.9 Å². The smallest absolute Gasteiger partial charge is 0.132 e. The van der Waals surface area contributed by atoms with Gasteiger partial charge in [-0.2, -0.15) is 0 Å². The van der Waals surface area contributed by atoms with Crippen LogP contribution in [-0.2, 0) is 0 Å². The predicted molar refractivity (Wildman–Crippen MR) is 73.6 cm³/mol. The number of hydrogen-bond donors (Lipinski definition) is 1. The van der Waals surface area contributed by atoms with Crippen LogP contribution in [0.15, 0.2) is 24.3 Å².